The molecule has 0 radical (unpaired) electrons. The van der Waals surface area contributed by atoms with Crippen LogP contribution in [-0.4, -0.2) is 56.4 Å². The van der Waals surface area contributed by atoms with Crippen molar-refractivity contribution in [2.45, 2.75) is 55.9 Å². The number of amides is 3. The summed E-state index contributed by atoms with van der Waals surface area (Å²) in [5.74, 6) is -4.04. The molecule has 12 heteroatoms. The Balaban J connectivity index is 1.43. The molecule has 1 heterocycles. The maximum Gasteiger partial charge on any atom is 0.321 e. The van der Waals surface area contributed by atoms with E-state index in [2.05, 4.69) is 10.6 Å². The van der Waals surface area contributed by atoms with Gasteiger partial charge in [0.25, 0.3) is 5.91 Å². The van der Waals surface area contributed by atoms with Gasteiger partial charge in [-0.05, 0) is 43.9 Å². The molecule has 0 spiro atoms. The van der Waals surface area contributed by atoms with Crippen LogP contribution in [-0.2, 0) is 24.3 Å². The summed E-state index contributed by atoms with van der Waals surface area (Å²) in [5, 5.41) is 4.84. The highest BCUT2D eigenvalue weighted by Crippen LogP contribution is 2.26. The Labute approximate surface area is 190 Å². The second-order valence-corrected chi connectivity index (χ2v) is 10.1. The molecular formula is C21H27F2N3O6S. The molecule has 1 aliphatic carbocycles. The van der Waals surface area contributed by atoms with Crippen molar-refractivity contribution in [3.05, 3.63) is 29.8 Å². The highest BCUT2D eigenvalue weighted by molar-refractivity contribution is 7.89. The van der Waals surface area contributed by atoms with Crippen molar-refractivity contribution in [1.29, 1.82) is 0 Å². The second-order valence-electron chi connectivity index (χ2n) is 8.22. The van der Waals surface area contributed by atoms with Crippen molar-refractivity contribution in [2.24, 2.45) is 5.92 Å². The van der Waals surface area contributed by atoms with Crippen molar-refractivity contribution >= 4 is 27.9 Å². The van der Waals surface area contributed by atoms with Gasteiger partial charge >= 0.3 is 12.0 Å². The van der Waals surface area contributed by atoms with Gasteiger partial charge in [0.15, 0.2) is 6.61 Å². The summed E-state index contributed by atoms with van der Waals surface area (Å²) < 4.78 is 58.5. The van der Waals surface area contributed by atoms with E-state index in [0.29, 0.717) is 6.07 Å². The first-order chi connectivity index (χ1) is 15.7. The summed E-state index contributed by atoms with van der Waals surface area (Å²) in [6.45, 7) is -0.813. The van der Waals surface area contributed by atoms with Crippen molar-refractivity contribution in [1.82, 2.24) is 14.9 Å². The second kappa shape index (κ2) is 11.0. The highest BCUT2D eigenvalue weighted by atomic mass is 32.2. The number of urea groups is 1. The molecule has 2 fully saturated rings. The molecule has 1 saturated carbocycles. The molecule has 0 aromatic heterocycles. The first-order valence-corrected chi connectivity index (χ1v) is 12.3. The van der Waals surface area contributed by atoms with Gasteiger partial charge in [0.05, 0.1) is 5.92 Å². The van der Waals surface area contributed by atoms with Crippen LogP contribution in [0.2, 0.25) is 0 Å². The highest BCUT2D eigenvalue weighted by Gasteiger charge is 2.34. The number of nitrogens with one attached hydrogen (secondary N) is 2. The van der Waals surface area contributed by atoms with Gasteiger partial charge in [-0.1, -0.05) is 19.3 Å². The Morgan fingerprint density at radius 1 is 1.03 bits per heavy atom. The summed E-state index contributed by atoms with van der Waals surface area (Å²) in [6, 6.07) is 1.58. The number of carbonyl (C=O) groups is 3. The molecular weight excluding hydrogens is 460 g/mol. The Morgan fingerprint density at radius 3 is 2.36 bits per heavy atom. The topological polar surface area (TPSA) is 122 Å². The van der Waals surface area contributed by atoms with Crippen LogP contribution in [0.3, 0.4) is 0 Å². The van der Waals surface area contributed by atoms with E-state index in [-0.39, 0.29) is 32.0 Å². The van der Waals surface area contributed by atoms with Crippen LogP contribution in [0.4, 0.5) is 13.6 Å². The fourth-order valence-corrected chi connectivity index (χ4v) is 5.58. The van der Waals surface area contributed by atoms with Gasteiger partial charge < -0.3 is 10.1 Å². The molecule has 33 heavy (non-hydrogen) atoms. The van der Waals surface area contributed by atoms with Crippen LogP contribution < -0.4 is 10.6 Å². The van der Waals surface area contributed by atoms with Crippen LogP contribution in [0, 0.1) is 17.6 Å². The number of hydrogen-bond acceptors (Lipinski definition) is 6. The number of benzene rings is 1. The SMILES string of the molecule is O=C(COC(=O)C1CCN(S(=O)(=O)c2cc(F)ccc2F)CC1)NC(=O)NC1CCCCC1. The van der Waals surface area contributed by atoms with Gasteiger partial charge in [0.2, 0.25) is 10.0 Å². The quantitative estimate of drug-likeness (QED) is 0.593. The minimum atomic E-state index is -4.26. The first-order valence-electron chi connectivity index (χ1n) is 10.9. The Hall–Kier alpha value is -2.60. The summed E-state index contributed by atoms with van der Waals surface area (Å²) in [5.41, 5.74) is 0. The number of carbonyl (C=O) groups excluding carboxylic acids is 3. The average molecular weight is 488 g/mol. The van der Waals surface area contributed by atoms with Gasteiger partial charge in [-0.25, -0.2) is 22.0 Å². The number of imide groups is 1. The zero-order chi connectivity index (χ0) is 24.0. The summed E-state index contributed by atoms with van der Waals surface area (Å²) >= 11 is 0. The molecule has 182 valence electrons. The zero-order valence-electron chi connectivity index (χ0n) is 18.0. The molecule has 1 aliphatic heterocycles. The lowest BCUT2D eigenvalue weighted by atomic mass is 9.96. The summed E-state index contributed by atoms with van der Waals surface area (Å²) in [6.07, 6.45) is 5.08. The molecule has 3 amide bonds. The van der Waals surface area contributed by atoms with E-state index in [1.165, 1.54) is 0 Å². The first kappa shape index (κ1) is 25.0. The molecule has 2 N–H and O–H groups in total. The van der Waals surface area contributed by atoms with Crippen molar-refractivity contribution in [2.75, 3.05) is 19.7 Å². The molecule has 0 unspecified atom stereocenters. The van der Waals surface area contributed by atoms with E-state index in [9.17, 15) is 31.6 Å². The number of halogens is 2. The molecule has 1 saturated heterocycles. The molecule has 0 atom stereocenters. The van der Waals surface area contributed by atoms with Crippen LogP contribution in [0.5, 0.6) is 0 Å². The fourth-order valence-electron chi connectivity index (χ4n) is 4.03. The minimum absolute atomic E-state index is 0.0245. The molecule has 1 aromatic rings. The Morgan fingerprint density at radius 2 is 1.70 bits per heavy atom. The third-order valence-corrected chi connectivity index (χ3v) is 7.75. The van der Waals surface area contributed by atoms with Crippen molar-refractivity contribution < 1.29 is 36.3 Å². The lowest BCUT2D eigenvalue weighted by Gasteiger charge is -2.30. The average Bonchev–Trinajstić information content (AvgIpc) is 2.79. The van der Waals surface area contributed by atoms with E-state index >= 15 is 0 Å². The number of nitrogens with zero attached hydrogens (tertiary/aromatic N) is 1. The zero-order valence-corrected chi connectivity index (χ0v) is 18.8. The van der Waals surface area contributed by atoms with E-state index < -0.39 is 57.0 Å². The lowest BCUT2D eigenvalue weighted by Crippen LogP contribution is -2.46. The number of hydrogen-bond donors (Lipinski definition) is 2. The number of piperidine rings is 1. The van der Waals surface area contributed by atoms with Gasteiger partial charge in [0.1, 0.15) is 16.5 Å². The summed E-state index contributed by atoms with van der Waals surface area (Å²) in [4.78, 5) is 35.2. The minimum Gasteiger partial charge on any atom is -0.455 e. The predicted octanol–water partition coefficient (Wildman–Crippen LogP) is 2.07. The Bertz CT molecular complexity index is 990. The lowest BCUT2D eigenvalue weighted by molar-refractivity contribution is -0.153. The number of ether oxygens (including phenoxy) is 1. The van der Waals surface area contributed by atoms with Crippen LogP contribution >= 0.6 is 0 Å². The smallest absolute Gasteiger partial charge is 0.321 e. The third kappa shape index (κ3) is 6.70. The van der Waals surface area contributed by atoms with Crippen LogP contribution in [0.25, 0.3) is 0 Å². The summed E-state index contributed by atoms with van der Waals surface area (Å²) in [7, 11) is -4.26. The third-order valence-electron chi connectivity index (χ3n) is 5.84. The van der Waals surface area contributed by atoms with Gasteiger partial charge in [0, 0.05) is 19.1 Å². The van der Waals surface area contributed by atoms with Crippen molar-refractivity contribution in [3.63, 3.8) is 0 Å². The fraction of sp³-hybridized carbons (Fsp3) is 0.571. The van der Waals surface area contributed by atoms with Crippen LogP contribution in [0.15, 0.2) is 23.1 Å². The monoisotopic (exact) mass is 487 g/mol. The standard InChI is InChI=1S/C21H27F2N3O6S/c22-15-6-7-17(23)18(12-15)33(30,31)26-10-8-14(9-11-26)20(28)32-13-19(27)25-21(29)24-16-4-2-1-3-5-16/h6-7,12,14,16H,1-5,8-11,13H2,(H2,24,25,27,29). The normalized spacial score (nSPS) is 18.5. The molecule has 3 rings (SSSR count). The number of sulfonamides is 1. The maximum atomic E-state index is 13.9. The van der Waals surface area contributed by atoms with E-state index in [0.717, 1.165) is 48.5 Å². The largest absolute Gasteiger partial charge is 0.455 e. The molecule has 0 bridgehead atoms. The maximum absolute atomic E-state index is 13.9. The van der Waals surface area contributed by atoms with Gasteiger partial charge in [-0.15, -0.1) is 0 Å². The molecule has 2 aliphatic rings. The molecule has 9 nitrogen and oxygen atoms in total. The van der Waals surface area contributed by atoms with E-state index in [1.807, 2.05) is 0 Å². The van der Waals surface area contributed by atoms with Crippen molar-refractivity contribution in [3.8, 4) is 0 Å². The predicted molar refractivity (Wildman–Crippen MR) is 112 cm³/mol. The molecule has 1 aromatic carbocycles. The van der Waals surface area contributed by atoms with Gasteiger partial charge in [-0.3, -0.25) is 14.9 Å². The van der Waals surface area contributed by atoms with Crippen LogP contribution in [0.1, 0.15) is 44.9 Å². The number of esters is 1. The van der Waals surface area contributed by atoms with E-state index in [1.54, 1.807) is 0 Å². The van der Waals surface area contributed by atoms with E-state index in [4.69, 9.17) is 4.74 Å². The Kier molecular flexibility index (Phi) is 8.35. The van der Waals surface area contributed by atoms with Gasteiger partial charge in [-0.2, -0.15) is 4.31 Å². The number of rotatable bonds is 6.